The lowest BCUT2D eigenvalue weighted by Crippen LogP contribution is -2.44. The second kappa shape index (κ2) is 7.25. The van der Waals surface area contributed by atoms with Gasteiger partial charge in [0.05, 0.1) is 11.0 Å². The highest BCUT2D eigenvalue weighted by Gasteiger charge is 2.32. The van der Waals surface area contributed by atoms with Gasteiger partial charge in [-0.25, -0.2) is 4.79 Å². The Labute approximate surface area is 157 Å². The topological polar surface area (TPSA) is 85.1 Å². The molecule has 1 unspecified atom stereocenters. The fourth-order valence-corrected chi connectivity index (χ4v) is 4.16. The van der Waals surface area contributed by atoms with Crippen molar-refractivity contribution >= 4 is 35.3 Å². The number of aromatic nitrogens is 2. The summed E-state index contributed by atoms with van der Waals surface area (Å²) in [6.45, 7) is 1.95. The van der Waals surface area contributed by atoms with Crippen molar-refractivity contribution in [3.05, 3.63) is 34.2 Å². The van der Waals surface area contributed by atoms with E-state index < -0.39 is 11.9 Å². The van der Waals surface area contributed by atoms with Crippen LogP contribution in [0, 0.1) is 0 Å². The van der Waals surface area contributed by atoms with Crippen LogP contribution in [0.2, 0.25) is 0 Å². The largest absolute Gasteiger partial charge is 0.329 e. The molecule has 7 nitrogen and oxygen atoms in total. The van der Waals surface area contributed by atoms with Crippen molar-refractivity contribution in [2.45, 2.75) is 37.6 Å². The van der Waals surface area contributed by atoms with Gasteiger partial charge in [-0.15, -0.1) is 12.4 Å². The lowest BCUT2D eigenvalue weighted by Gasteiger charge is -2.24. The van der Waals surface area contributed by atoms with Crippen molar-refractivity contribution in [2.24, 2.45) is 7.05 Å². The Kier molecular flexibility index (Phi) is 5.20. The van der Waals surface area contributed by atoms with E-state index in [1.54, 1.807) is 16.2 Å². The third kappa shape index (κ3) is 2.95. The third-order valence-corrected chi connectivity index (χ3v) is 5.43. The number of imide groups is 1. The summed E-state index contributed by atoms with van der Waals surface area (Å²) < 4.78 is 3.21. The monoisotopic (exact) mass is 378 g/mol. The van der Waals surface area contributed by atoms with Crippen molar-refractivity contribution in [1.29, 1.82) is 0 Å². The van der Waals surface area contributed by atoms with Gasteiger partial charge in [0, 0.05) is 13.5 Å². The van der Waals surface area contributed by atoms with Gasteiger partial charge in [-0.1, -0.05) is 12.1 Å². The number of fused-ring (bicyclic) bond motifs is 1. The molecule has 26 heavy (non-hydrogen) atoms. The van der Waals surface area contributed by atoms with Crippen LogP contribution in [0.1, 0.15) is 43.2 Å². The Morgan fingerprint density at radius 1 is 1.08 bits per heavy atom. The number of hydrogen-bond acceptors (Lipinski definition) is 4. The predicted octanol–water partition coefficient (Wildman–Crippen LogP) is 1.21. The summed E-state index contributed by atoms with van der Waals surface area (Å²) in [6.07, 6.45) is 2.70. The molecule has 2 saturated heterocycles. The van der Waals surface area contributed by atoms with Crippen molar-refractivity contribution in [2.75, 3.05) is 13.1 Å². The molecule has 4 rings (SSSR count). The first kappa shape index (κ1) is 18.7. The zero-order chi connectivity index (χ0) is 17.6. The first-order valence-electron chi connectivity index (χ1n) is 8.82. The number of amides is 2. The van der Waals surface area contributed by atoms with Gasteiger partial charge >= 0.3 is 5.69 Å². The number of halogens is 1. The van der Waals surface area contributed by atoms with Gasteiger partial charge in [0.2, 0.25) is 11.8 Å². The summed E-state index contributed by atoms with van der Waals surface area (Å²) in [5.41, 5.74) is 2.65. The molecule has 8 heteroatoms. The van der Waals surface area contributed by atoms with E-state index in [9.17, 15) is 14.4 Å². The summed E-state index contributed by atoms with van der Waals surface area (Å²) in [6, 6.07) is 5.32. The lowest BCUT2D eigenvalue weighted by molar-refractivity contribution is -0.135. The number of carbonyl (C=O) groups excluding carboxylic acids is 2. The Morgan fingerprint density at radius 2 is 1.81 bits per heavy atom. The number of aryl methyl sites for hydroxylation is 1. The van der Waals surface area contributed by atoms with E-state index in [0.29, 0.717) is 12.3 Å². The molecule has 1 aromatic heterocycles. The summed E-state index contributed by atoms with van der Waals surface area (Å²) in [7, 11) is 1.76. The molecule has 3 heterocycles. The third-order valence-electron chi connectivity index (χ3n) is 5.43. The number of carbonyl (C=O) groups is 2. The fraction of sp³-hybridized carbons (Fsp3) is 0.500. The molecule has 2 aliphatic rings. The van der Waals surface area contributed by atoms with Crippen LogP contribution in [0.4, 0.5) is 0 Å². The summed E-state index contributed by atoms with van der Waals surface area (Å²) in [5, 5.41) is 5.72. The molecular formula is C18H23ClN4O3. The number of hydrogen-bond donors (Lipinski definition) is 2. The van der Waals surface area contributed by atoms with E-state index in [2.05, 4.69) is 16.7 Å². The molecular weight excluding hydrogens is 356 g/mol. The van der Waals surface area contributed by atoms with E-state index in [1.165, 1.54) is 5.56 Å². The Balaban J connectivity index is 0.00000196. The number of nitrogens with zero attached hydrogens (tertiary/aromatic N) is 2. The average molecular weight is 379 g/mol. The molecule has 0 aliphatic carbocycles. The van der Waals surface area contributed by atoms with E-state index >= 15 is 0 Å². The maximum atomic E-state index is 12.9. The highest BCUT2D eigenvalue weighted by Crippen LogP contribution is 2.32. The Morgan fingerprint density at radius 3 is 2.50 bits per heavy atom. The summed E-state index contributed by atoms with van der Waals surface area (Å²) in [4.78, 5) is 36.6. The Hall–Kier alpha value is -2.12. The average Bonchev–Trinajstić information content (AvgIpc) is 2.87. The van der Waals surface area contributed by atoms with Gasteiger partial charge in [0.25, 0.3) is 0 Å². The smallest absolute Gasteiger partial charge is 0.317 e. The van der Waals surface area contributed by atoms with Gasteiger partial charge in [0.15, 0.2) is 0 Å². The van der Waals surface area contributed by atoms with Crippen LogP contribution >= 0.6 is 12.4 Å². The van der Waals surface area contributed by atoms with Gasteiger partial charge in [-0.3, -0.25) is 24.0 Å². The normalized spacial score (nSPS) is 21.5. The van der Waals surface area contributed by atoms with Crippen LogP contribution in [-0.4, -0.2) is 34.0 Å². The quantitative estimate of drug-likeness (QED) is 0.769. The second-order valence-corrected chi connectivity index (χ2v) is 6.92. The molecule has 2 aromatic rings. The van der Waals surface area contributed by atoms with E-state index in [1.807, 2.05) is 12.1 Å². The zero-order valence-corrected chi connectivity index (χ0v) is 15.5. The summed E-state index contributed by atoms with van der Waals surface area (Å²) in [5.74, 6) is -0.254. The number of imidazole rings is 1. The molecule has 2 fully saturated rings. The number of piperidine rings is 2. The molecule has 0 saturated carbocycles. The fourth-order valence-electron chi connectivity index (χ4n) is 4.16. The molecule has 2 N–H and O–H groups in total. The van der Waals surface area contributed by atoms with Crippen molar-refractivity contribution in [3.63, 3.8) is 0 Å². The van der Waals surface area contributed by atoms with Gasteiger partial charge < -0.3 is 5.32 Å². The molecule has 2 amide bonds. The van der Waals surface area contributed by atoms with Crippen LogP contribution in [0.25, 0.3) is 11.0 Å². The predicted molar refractivity (Wildman–Crippen MR) is 101 cm³/mol. The lowest BCUT2D eigenvalue weighted by atomic mass is 9.89. The molecule has 140 valence electrons. The molecule has 0 spiro atoms. The number of nitrogens with one attached hydrogen (secondary N) is 2. The molecule has 1 atom stereocenters. The van der Waals surface area contributed by atoms with Gasteiger partial charge in [-0.05, 0) is 49.9 Å². The minimum absolute atomic E-state index is 0. The maximum Gasteiger partial charge on any atom is 0.329 e. The van der Waals surface area contributed by atoms with Crippen molar-refractivity contribution in [3.8, 4) is 0 Å². The Bertz CT molecular complexity index is 911. The molecule has 0 bridgehead atoms. The van der Waals surface area contributed by atoms with E-state index in [0.717, 1.165) is 37.0 Å². The maximum absolute atomic E-state index is 12.9. The van der Waals surface area contributed by atoms with Crippen LogP contribution in [0.5, 0.6) is 0 Å². The first-order chi connectivity index (χ1) is 12.1. The van der Waals surface area contributed by atoms with Crippen molar-refractivity contribution < 1.29 is 9.59 Å². The van der Waals surface area contributed by atoms with Gasteiger partial charge in [-0.2, -0.15) is 0 Å². The van der Waals surface area contributed by atoms with E-state index in [-0.39, 0.29) is 30.4 Å². The van der Waals surface area contributed by atoms with Crippen LogP contribution in [0.3, 0.4) is 0 Å². The second-order valence-electron chi connectivity index (χ2n) is 6.92. The van der Waals surface area contributed by atoms with Gasteiger partial charge in [0.1, 0.15) is 6.04 Å². The van der Waals surface area contributed by atoms with Crippen LogP contribution in [0.15, 0.2) is 23.0 Å². The zero-order valence-electron chi connectivity index (χ0n) is 14.7. The highest BCUT2D eigenvalue weighted by atomic mass is 35.5. The number of benzene rings is 1. The van der Waals surface area contributed by atoms with Crippen LogP contribution < -0.4 is 16.3 Å². The minimum Gasteiger partial charge on any atom is -0.317 e. The molecule has 0 radical (unpaired) electrons. The summed E-state index contributed by atoms with van der Waals surface area (Å²) >= 11 is 0. The molecule has 1 aromatic carbocycles. The van der Waals surface area contributed by atoms with E-state index in [4.69, 9.17) is 0 Å². The number of rotatable bonds is 2. The minimum atomic E-state index is -0.628. The highest BCUT2D eigenvalue weighted by molar-refractivity contribution is 6.00. The molecule has 2 aliphatic heterocycles. The van der Waals surface area contributed by atoms with Crippen molar-refractivity contribution in [1.82, 2.24) is 19.8 Å². The first-order valence-corrected chi connectivity index (χ1v) is 8.82. The number of para-hydroxylation sites is 1. The van der Waals surface area contributed by atoms with Crippen LogP contribution in [-0.2, 0) is 16.6 Å². The standard InChI is InChI=1S/C18H22N4O3.ClH/c1-21-16-12(11-7-9-19-10-8-11)3-2-4-13(16)22(18(21)25)14-5-6-15(23)20-17(14)24;/h2-4,11,14,19H,5-10H2,1H3,(H,20,23,24);1H. The SMILES string of the molecule is Cl.Cn1c(=O)n(C2CCC(=O)NC2=O)c2cccc(C3CCNCC3)c21.